The first-order valence-corrected chi connectivity index (χ1v) is 10.2. The number of halogens is 1. The largest absolute Gasteiger partial charge is 0.480 e. The number of nitrogens with zero attached hydrogens (tertiary/aromatic N) is 2. The predicted molar refractivity (Wildman–Crippen MR) is 94.3 cm³/mol. The van der Waals surface area contributed by atoms with E-state index in [1.165, 1.54) is 33.5 Å². The van der Waals surface area contributed by atoms with Crippen LogP contribution in [0.2, 0.25) is 0 Å². The van der Waals surface area contributed by atoms with E-state index in [9.17, 15) is 27.5 Å². The maximum absolute atomic E-state index is 13.3. The summed E-state index contributed by atoms with van der Waals surface area (Å²) in [6, 6.07) is 4.77. The second kappa shape index (κ2) is 7.28. The van der Waals surface area contributed by atoms with Crippen molar-refractivity contribution in [1.29, 1.82) is 0 Å². The van der Waals surface area contributed by atoms with Crippen molar-refractivity contribution in [2.75, 3.05) is 25.9 Å². The molecule has 1 aromatic carbocycles. The third kappa shape index (κ3) is 4.28. The quantitative estimate of drug-likeness (QED) is 0.818. The molecule has 0 bridgehead atoms. The first-order chi connectivity index (χ1) is 12.6. The molecule has 0 unspecified atom stereocenters. The molecule has 0 aliphatic carbocycles. The average Bonchev–Trinajstić information content (AvgIpc) is 3.01. The Morgan fingerprint density at radius 1 is 1.30 bits per heavy atom. The number of sulfonamides is 1. The maximum atomic E-state index is 13.3. The highest BCUT2D eigenvalue weighted by Gasteiger charge is 2.33. The smallest absolute Gasteiger partial charge is 0.323 e. The molecular formula is C17H19FN2O6S. The molecule has 1 aromatic heterocycles. The Kier molecular flexibility index (Phi) is 5.20. The molecule has 1 saturated heterocycles. The van der Waals surface area contributed by atoms with Gasteiger partial charge in [0.05, 0.1) is 6.26 Å². The van der Waals surface area contributed by atoms with Crippen molar-refractivity contribution in [3.63, 3.8) is 0 Å². The van der Waals surface area contributed by atoms with Gasteiger partial charge < -0.3 is 14.4 Å². The summed E-state index contributed by atoms with van der Waals surface area (Å²) < 4.78 is 43.3. The SMILES string of the molecule is CS(=O)(=O)N1CCC(N(CC(=O)O)C(=O)c2cc3cc(F)ccc3o2)CC1. The summed E-state index contributed by atoms with van der Waals surface area (Å²) in [4.78, 5) is 25.3. The van der Waals surface area contributed by atoms with Crippen LogP contribution in [0.3, 0.4) is 0 Å². The van der Waals surface area contributed by atoms with E-state index in [1.54, 1.807) is 0 Å². The predicted octanol–water partition coefficient (Wildman–Crippen LogP) is 1.52. The van der Waals surface area contributed by atoms with Crippen molar-refractivity contribution >= 4 is 32.9 Å². The minimum absolute atomic E-state index is 0.0811. The van der Waals surface area contributed by atoms with Crippen molar-refractivity contribution in [2.45, 2.75) is 18.9 Å². The summed E-state index contributed by atoms with van der Waals surface area (Å²) in [5.41, 5.74) is 0.321. The van der Waals surface area contributed by atoms with Crippen LogP contribution in [-0.2, 0) is 14.8 Å². The summed E-state index contributed by atoms with van der Waals surface area (Å²) in [5.74, 6) is -2.36. The number of piperidine rings is 1. The van der Waals surface area contributed by atoms with Crippen molar-refractivity contribution in [1.82, 2.24) is 9.21 Å². The lowest BCUT2D eigenvalue weighted by Crippen LogP contribution is -2.50. The van der Waals surface area contributed by atoms with Gasteiger partial charge >= 0.3 is 5.97 Å². The average molecular weight is 398 g/mol. The highest BCUT2D eigenvalue weighted by atomic mass is 32.2. The molecule has 2 heterocycles. The fourth-order valence-electron chi connectivity index (χ4n) is 3.26. The van der Waals surface area contributed by atoms with Gasteiger partial charge in [-0.05, 0) is 37.1 Å². The lowest BCUT2D eigenvalue weighted by Gasteiger charge is -2.36. The zero-order valence-corrected chi connectivity index (χ0v) is 15.4. The first-order valence-electron chi connectivity index (χ1n) is 8.32. The molecule has 2 aromatic rings. The molecule has 0 radical (unpaired) electrons. The topological polar surface area (TPSA) is 108 Å². The van der Waals surface area contributed by atoms with E-state index in [0.29, 0.717) is 23.8 Å². The van der Waals surface area contributed by atoms with Gasteiger partial charge in [-0.3, -0.25) is 9.59 Å². The molecule has 1 fully saturated rings. The molecule has 1 aliphatic heterocycles. The summed E-state index contributed by atoms with van der Waals surface area (Å²) in [7, 11) is -3.33. The normalized spacial score (nSPS) is 16.5. The third-order valence-electron chi connectivity index (χ3n) is 4.59. The number of amides is 1. The Morgan fingerprint density at radius 3 is 2.56 bits per heavy atom. The Morgan fingerprint density at radius 2 is 1.96 bits per heavy atom. The van der Waals surface area contributed by atoms with Crippen molar-refractivity contribution in [2.24, 2.45) is 0 Å². The van der Waals surface area contributed by atoms with Crippen molar-refractivity contribution < 1.29 is 31.9 Å². The molecule has 3 rings (SSSR count). The summed E-state index contributed by atoms with van der Waals surface area (Å²) in [6.07, 6.45) is 1.75. The van der Waals surface area contributed by atoms with Crippen LogP contribution in [0.1, 0.15) is 23.4 Å². The van der Waals surface area contributed by atoms with Crippen LogP contribution < -0.4 is 0 Å². The standard InChI is InChI=1S/C17H19FN2O6S/c1-27(24,25)19-6-4-13(5-7-19)20(10-16(21)22)17(23)15-9-11-8-12(18)2-3-14(11)26-15/h2-3,8-9,13H,4-7,10H2,1H3,(H,21,22). The Labute approximate surface area is 155 Å². The van der Waals surface area contributed by atoms with Crippen molar-refractivity contribution in [3.05, 3.63) is 35.8 Å². The molecule has 0 saturated carbocycles. The van der Waals surface area contributed by atoms with E-state index in [2.05, 4.69) is 0 Å². The molecule has 8 nitrogen and oxygen atoms in total. The fourth-order valence-corrected chi connectivity index (χ4v) is 4.13. The highest BCUT2D eigenvalue weighted by molar-refractivity contribution is 7.88. The number of carbonyl (C=O) groups is 2. The number of fused-ring (bicyclic) bond motifs is 1. The van der Waals surface area contributed by atoms with E-state index in [-0.39, 0.29) is 18.8 Å². The number of carbonyl (C=O) groups excluding carboxylic acids is 1. The third-order valence-corrected chi connectivity index (χ3v) is 5.89. The van der Waals surface area contributed by atoms with Crippen LogP contribution in [0.4, 0.5) is 4.39 Å². The lowest BCUT2D eigenvalue weighted by molar-refractivity contribution is -0.138. The number of carboxylic acid groups (broad SMARTS) is 1. The monoisotopic (exact) mass is 398 g/mol. The van der Waals surface area contributed by atoms with Gasteiger partial charge in [-0.2, -0.15) is 0 Å². The Bertz CT molecular complexity index is 978. The molecule has 0 atom stereocenters. The maximum Gasteiger partial charge on any atom is 0.323 e. The number of benzene rings is 1. The first kappa shape index (κ1) is 19.3. The van der Waals surface area contributed by atoms with E-state index in [0.717, 1.165) is 6.26 Å². The number of hydrogen-bond acceptors (Lipinski definition) is 5. The van der Waals surface area contributed by atoms with Gasteiger partial charge in [0.1, 0.15) is 17.9 Å². The second-order valence-electron chi connectivity index (χ2n) is 6.51. The zero-order chi connectivity index (χ0) is 19.8. The zero-order valence-electron chi connectivity index (χ0n) is 14.6. The summed E-state index contributed by atoms with van der Waals surface area (Å²) >= 11 is 0. The van der Waals surface area contributed by atoms with Gasteiger partial charge in [0, 0.05) is 24.5 Å². The van der Waals surface area contributed by atoms with Gasteiger partial charge in [-0.1, -0.05) is 0 Å². The second-order valence-corrected chi connectivity index (χ2v) is 8.50. The van der Waals surface area contributed by atoms with Crippen LogP contribution in [0.15, 0.2) is 28.7 Å². The van der Waals surface area contributed by atoms with Gasteiger partial charge in [-0.15, -0.1) is 0 Å². The fraction of sp³-hybridized carbons (Fsp3) is 0.412. The van der Waals surface area contributed by atoms with Crippen LogP contribution in [0.25, 0.3) is 11.0 Å². The number of aliphatic carboxylic acids is 1. The van der Waals surface area contributed by atoms with Gasteiger partial charge in [-0.25, -0.2) is 17.1 Å². The summed E-state index contributed by atoms with van der Waals surface area (Å²) in [6.45, 7) is -0.121. The number of hydrogen-bond donors (Lipinski definition) is 1. The molecule has 1 amide bonds. The lowest BCUT2D eigenvalue weighted by atomic mass is 10.0. The van der Waals surface area contributed by atoms with E-state index in [4.69, 9.17) is 4.42 Å². The molecule has 0 spiro atoms. The molecule has 27 heavy (non-hydrogen) atoms. The van der Waals surface area contributed by atoms with Gasteiger partial charge in [0.15, 0.2) is 5.76 Å². The van der Waals surface area contributed by atoms with Crippen LogP contribution >= 0.6 is 0 Å². The molecule has 146 valence electrons. The number of carboxylic acids is 1. The molecule has 1 N–H and O–H groups in total. The highest BCUT2D eigenvalue weighted by Crippen LogP contribution is 2.25. The van der Waals surface area contributed by atoms with E-state index in [1.807, 2.05) is 0 Å². The summed E-state index contributed by atoms with van der Waals surface area (Å²) in [5, 5.41) is 9.59. The molecule has 10 heteroatoms. The minimum Gasteiger partial charge on any atom is -0.480 e. The van der Waals surface area contributed by atoms with Crippen molar-refractivity contribution in [3.8, 4) is 0 Å². The van der Waals surface area contributed by atoms with Crippen LogP contribution in [0.5, 0.6) is 0 Å². The van der Waals surface area contributed by atoms with Crippen LogP contribution in [-0.4, -0.2) is 66.5 Å². The van der Waals surface area contributed by atoms with E-state index >= 15 is 0 Å². The Balaban J connectivity index is 1.83. The van der Waals surface area contributed by atoms with Gasteiger partial charge in [0.25, 0.3) is 5.91 Å². The van der Waals surface area contributed by atoms with Crippen LogP contribution in [0, 0.1) is 5.82 Å². The Hall–Kier alpha value is -2.46. The minimum atomic E-state index is -3.33. The molecular weight excluding hydrogens is 379 g/mol. The van der Waals surface area contributed by atoms with Gasteiger partial charge in [0.2, 0.25) is 10.0 Å². The number of rotatable bonds is 5. The van der Waals surface area contributed by atoms with E-state index < -0.39 is 40.3 Å². The number of furan rings is 1. The molecule has 1 aliphatic rings.